The van der Waals surface area contributed by atoms with E-state index < -0.39 is 5.41 Å². The van der Waals surface area contributed by atoms with Gasteiger partial charge in [-0.1, -0.05) is 46.1 Å². The predicted molar refractivity (Wildman–Crippen MR) is 96.4 cm³/mol. The zero-order valence-electron chi connectivity index (χ0n) is 15.7. The molecule has 3 aliphatic rings. The van der Waals surface area contributed by atoms with Crippen LogP contribution in [0.5, 0.6) is 0 Å². The molecule has 0 spiro atoms. The molecule has 2 fully saturated rings. The molecule has 0 bridgehead atoms. The first-order valence-electron chi connectivity index (χ1n) is 9.76. The Kier molecular flexibility index (Phi) is 4.79. The Labute approximate surface area is 151 Å². The number of fused-ring (bicyclic) bond motifs is 1. The minimum atomic E-state index is -0.507. The summed E-state index contributed by atoms with van der Waals surface area (Å²) in [7, 11) is 0. The number of carbonyl (C=O) groups is 2. The highest BCUT2D eigenvalue weighted by Gasteiger charge is 2.53. The Balaban J connectivity index is 1.75. The SMILES string of the molecule is CC1(C)C(=O)C(C#N)=C[C@]2(C)C[C@@H](NC(=O)C3CCCCC3)CC[C@H]12. The summed E-state index contributed by atoms with van der Waals surface area (Å²) in [5.74, 6) is 0.589. The molecule has 0 radical (unpaired) electrons. The molecule has 0 aliphatic heterocycles. The molecule has 25 heavy (non-hydrogen) atoms. The number of Topliss-reactive ketones (excluding diaryl/α,β-unsaturated/α-hetero) is 1. The average Bonchev–Trinajstić information content (AvgIpc) is 2.58. The van der Waals surface area contributed by atoms with Crippen LogP contribution in [0.1, 0.15) is 72.1 Å². The highest BCUT2D eigenvalue weighted by atomic mass is 16.2. The van der Waals surface area contributed by atoms with Gasteiger partial charge in [0.1, 0.15) is 6.07 Å². The van der Waals surface area contributed by atoms with Crippen molar-refractivity contribution >= 4 is 11.7 Å². The second-order valence-electron chi connectivity index (χ2n) is 9.10. The first kappa shape index (κ1) is 18.2. The molecule has 0 aromatic carbocycles. The standard InChI is InChI=1S/C21H30N2O2/c1-20(2)17-10-9-16(23-19(25)14-7-5-4-6-8-14)12-21(17,3)11-15(13-22)18(20)24/h11,14,16-17H,4-10,12H2,1-3H3,(H,23,25)/t16-,17+,21+/m0/s1. The van der Waals surface area contributed by atoms with Gasteiger partial charge in [0.25, 0.3) is 0 Å². The molecule has 1 amide bonds. The van der Waals surface area contributed by atoms with Gasteiger partial charge < -0.3 is 5.32 Å². The topological polar surface area (TPSA) is 70.0 Å². The Bertz CT molecular complexity index is 637. The highest BCUT2D eigenvalue weighted by molar-refractivity contribution is 6.04. The number of allylic oxidation sites excluding steroid dienone is 2. The number of rotatable bonds is 2. The molecule has 4 nitrogen and oxygen atoms in total. The van der Waals surface area contributed by atoms with Crippen molar-refractivity contribution in [2.24, 2.45) is 22.7 Å². The van der Waals surface area contributed by atoms with E-state index >= 15 is 0 Å². The van der Waals surface area contributed by atoms with Crippen molar-refractivity contribution in [2.75, 3.05) is 0 Å². The van der Waals surface area contributed by atoms with E-state index in [-0.39, 0.29) is 35.0 Å². The Morgan fingerprint density at radius 3 is 2.48 bits per heavy atom. The van der Waals surface area contributed by atoms with Gasteiger partial charge in [0.05, 0.1) is 5.57 Å². The summed E-state index contributed by atoms with van der Waals surface area (Å²) in [6.45, 7) is 6.11. The van der Waals surface area contributed by atoms with Gasteiger partial charge in [-0.05, 0) is 43.4 Å². The molecule has 0 aromatic heterocycles. The smallest absolute Gasteiger partial charge is 0.223 e. The predicted octanol–water partition coefficient (Wildman–Crippen LogP) is 3.92. The molecule has 1 N–H and O–H groups in total. The van der Waals surface area contributed by atoms with E-state index in [9.17, 15) is 14.9 Å². The number of nitrogens with one attached hydrogen (secondary N) is 1. The van der Waals surface area contributed by atoms with Crippen LogP contribution in [0.2, 0.25) is 0 Å². The van der Waals surface area contributed by atoms with Gasteiger partial charge >= 0.3 is 0 Å². The number of hydrogen-bond acceptors (Lipinski definition) is 3. The number of ketones is 1. The summed E-state index contributed by atoms with van der Waals surface area (Å²) in [5, 5.41) is 12.7. The number of hydrogen-bond donors (Lipinski definition) is 1. The number of nitriles is 1. The molecule has 0 heterocycles. The largest absolute Gasteiger partial charge is 0.353 e. The third-order valence-electron chi connectivity index (χ3n) is 6.90. The lowest BCUT2D eigenvalue weighted by Gasteiger charge is -2.52. The fraction of sp³-hybridized carbons (Fsp3) is 0.762. The van der Waals surface area contributed by atoms with E-state index in [4.69, 9.17) is 0 Å². The van der Waals surface area contributed by atoms with E-state index in [1.54, 1.807) is 0 Å². The average molecular weight is 342 g/mol. The van der Waals surface area contributed by atoms with Gasteiger partial charge in [-0.2, -0.15) is 5.26 Å². The van der Waals surface area contributed by atoms with Crippen molar-refractivity contribution in [3.63, 3.8) is 0 Å². The van der Waals surface area contributed by atoms with Gasteiger partial charge in [-0.25, -0.2) is 0 Å². The monoisotopic (exact) mass is 342 g/mol. The Morgan fingerprint density at radius 2 is 1.84 bits per heavy atom. The summed E-state index contributed by atoms with van der Waals surface area (Å²) < 4.78 is 0. The zero-order chi connectivity index (χ0) is 18.2. The molecule has 2 saturated carbocycles. The highest BCUT2D eigenvalue weighted by Crippen LogP contribution is 2.55. The maximum Gasteiger partial charge on any atom is 0.223 e. The lowest BCUT2D eigenvalue weighted by molar-refractivity contribution is -0.133. The molecule has 0 unspecified atom stereocenters. The van der Waals surface area contributed by atoms with Gasteiger partial charge in [0.15, 0.2) is 5.78 Å². The maximum absolute atomic E-state index is 12.6. The van der Waals surface area contributed by atoms with Crippen LogP contribution in [-0.4, -0.2) is 17.7 Å². The molecule has 3 rings (SSSR count). The van der Waals surface area contributed by atoms with Gasteiger partial charge in [0, 0.05) is 17.4 Å². The summed E-state index contributed by atoms with van der Waals surface area (Å²) in [5.41, 5.74) is -0.416. The van der Waals surface area contributed by atoms with Crippen LogP contribution in [0.15, 0.2) is 11.6 Å². The number of amides is 1. The van der Waals surface area contributed by atoms with Crippen LogP contribution in [0.25, 0.3) is 0 Å². The normalized spacial score (nSPS) is 35.3. The van der Waals surface area contributed by atoms with Crippen LogP contribution in [0, 0.1) is 34.0 Å². The minimum absolute atomic E-state index is 0.0258. The van der Waals surface area contributed by atoms with Crippen LogP contribution >= 0.6 is 0 Å². The van der Waals surface area contributed by atoms with Crippen molar-refractivity contribution < 1.29 is 9.59 Å². The second-order valence-corrected chi connectivity index (χ2v) is 9.10. The fourth-order valence-electron chi connectivity index (χ4n) is 5.61. The van der Waals surface area contributed by atoms with Crippen molar-refractivity contribution in [1.29, 1.82) is 5.26 Å². The van der Waals surface area contributed by atoms with Crippen LogP contribution < -0.4 is 5.32 Å². The van der Waals surface area contributed by atoms with Gasteiger partial charge in [0.2, 0.25) is 5.91 Å². The van der Waals surface area contributed by atoms with E-state index in [2.05, 4.69) is 18.3 Å². The second kappa shape index (κ2) is 6.59. The van der Waals surface area contributed by atoms with E-state index in [1.807, 2.05) is 19.9 Å². The van der Waals surface area contributed by atoms with Crippen LogP contribution in [0.4, 0.5) is 0 Å². The first-order chi connectivity index (χ1) is 11.8. The minimum Gasteiger partial charge on any atom is -0.353 e. The van der Waals surface area contributed by atoms with Crippen LogP contribution in [0.3, 0.4) is 0 Å². The van der Waals surface area contributed by atoms with Gasteiger partial charge in [-0.15, -0.1) is 0 Å². The lowest BCUT2D eigenvalue weighted by Crippen LogP contribution is -2.53. The number of carbonyl (C=O) groups excluding carboxylic acids is 2. The van der Waals surface area contributed by atoms with Crippen molar-refractivity contribution in [3.05, 3.63) is 11.6 Å². The first-order valence-corrected chi connectivity index (χ1v) is 9.76. The lowest BCUT2D eigenvalue weighted by atomic mass is 9.52. The van der Waals surface area contributed by atoms with Crippen molar-refractivity contribution in [3.8, 4) is 6.07 Å². The molecule has 3 atom stereocenters. The molecular weight excluding hydrogens is 312 g/mol. The summed E-state index contributed by atoms with van der Waals surface area (Å²) in [6.07, 6.45) is 10.1. The van der Waals surface area contributed by atoms with E-state index in [0.29, 0.717) is 5.57 Å². The van der Waals surface area contributed by atoms with Crippen molar-refractivity contribution in [2.45, 2.75) is 78.2 Å². The molecule has 136 valence electrons. The van der Waals surface area contributed by atoms with E-state index in [1.165, 1.54) is 6.42 Å². The Hall–Kier alpha value is -1.63. The molecule has 4 heteroatoms. The van der Waals surface area contributed by atoms with Gasteiger partial charge in [-0.3, -0.25) is 9.59 Å². The maximum atomic E-state index is 12.6. The molecular formula is C21H30N2O2. The van der Waals surface area contributed by atoms with Crippen LogP contribution in [-0.2, 0) is 9.59 Å². The summed E-state index contributed by atoms with van der Waals surface area (Å²) in [4.78, 5) is 25.2. The molecule has 0 aromatic rings. The molecule has 0 saturated heterocycles. The summed E-state index contributed by atoms with van der Waals surface area (Å²) >= 11 is 0. The van der Waals surface area contributed by atoms with Crippen molar-refractivity contribution in [1.82, 2.24) is 5.32 Å². The molecule has 3 aliphatic carbocycles. The quantitative estimate of drug-likeness (QED) is 0.827. The van der Waals surface area contributed by atoms with E-state index in [0.717, 1.165) is 44.9 Å². The third-order valence-corrected chi connectivity index (χ3v) is 6.90. The fourth-order valence-corrected chi connectivity index (χ4v) is 5.61. The number of nitrogens with zero attached hydrogens (tertiary/aromatic N) is 1. The summed E-state index contributed by atoms with van der Waals surface area (Å²) in [6, 6.07) is 2.25. The Morgan fingerprint density at radius 1 is 1.16 bits per heavy atom. The third kappa shape index (κ3) is 3.26. The zero-order valence-corrected chi connectivity index (χ0v) is 15.7.